The number of aromatic nitrogens is 2. The van der Waals surface area contributed by atoms with E-state index in [2.05, 4.69) is 10.3 Å². The van der Waals surface area contributed by atoms with Gasteiger partial charge in [-0.05, 0) is 43.0 Å². The molecule has 0 bridgehead atoms. The predicted octanol–water partition coefficient (Wildman–Crippen LogP) is 4.04. The third-order valence-electron chi connectivity index (χ3n) is 3.71. The fourth-order valence-electron chi connectivity index (χ4n) is 2.28. The second-order valence-electron chi connectivity index (χ2n) is 5.68. The van der Waals surface area contributed by atoms with Gasteiger partial charge in [0.15, 0.2) is 5.16 Å². The highest BCUT2D eigenvalue weighted by atomic mass is 32.2. The summed E-state index contributed by atoms with van der Waals surface area (Å²) in [5, 5.41) is 14.8. The van der Waals surface area contributed by atoms with E-state index in [4.69, 9.17) is 0 Å². The van der Waals surface area contributed by atoms with Gasteiger partial charge in [-0.1, -0.05) is 17.7 Å². The van der Waals surface area contributed by atoms with Gasteiger partial charge in [-0.3, -0.25) is 14.9 Å². The van der Waals surface area contributed by atoms with Crippen LogP contribution in [0.15, 0.2) is 64.9 Å². The number of imidazole rings is 1. The summed E-state index contributed by atoms with van der Waals surface area (Å²) in [7, 11) is 1.82. The Bertz CT molecular complexity index is 967. The molecule has 8 heteroatoms. The number of benzene rings is 2. The topological polar surface area (TPSA) is 90.1 Å². The Hall–Kier alpha value is -3.13. The Morgan fingerprint density at radius 2 is 1.96 bits per heavy atom. The van der Waals surface area contributed by atoms with Crippen LogP contribution in [0.3, 0.4) is 0 Å². The van der Waals surface area contributed by atoms with Crippen molar-refractivity contribution in [3.63, 3.8) is 0 Å². The quantitative estimate of drug-likeness (QED) is 0.542. The van der Waals surface area contributed by atoms with Crippen LogP contribution in [0, 0.1) is 17.0 Å². The van der Waals surface area contributed by atoms with E-state index in [9.17, 15) is 14.9 Å². The minimum absolute atomic E-state index is 0.0836. The fraction of sp³-hybridized carbons (Fsp3) is 0.111. The summed E-state index contributed by atoms with van der Waals surface area (Å²) in [5.74, 6) is -0.316. The van der Waals surface area contributed by atoms with Gasteiger partial charge in [0.05, 0.1) is 9.82 Å². The number of amides is 1. The lowest BCUT2D eigenvalue weighted by Gasteiger charge is -2.08. The van der Waals surface area contributed by atoms with Crippen molar-refractivity contribution >= 4 is 29.0 Å². The molecule has 0 atom stereocenters. The fourth-order valence-corrected chi connectivity index (χ4v) is 3.17. The molecule has 0 saturated heterocycles. The molecule has 2 aromatic carbocycles. The zero-order valence-corrected chi connectivity index (χ0v) is 15.0. The molecule has 3 rings (SSSR count). The van der Waals surface area contributed by atoms with Gasteiger partial charge in [-0.25, -0.2) is 4.98 Å². The van der Waals surface area contributed by atoms with Crippen LogP contribution in [0.2, 0.25) is 0 Å². The maximum absolute atomic E-state index is 12.3. The molecule has 0 saturated carbocycles. The van der Waals surface area contributed by atoms with E-state index in [1.54, 1.807) is 41.2 Å². The Balaban J connectivity index is 1.84. The predicted molar refractivity (Wildman–Crippen MR) is 99.6 cm³/mol. The highest BCUT2D eigenvalue weighted by Crippen LogP contribution is 2.35. The van der Waals surface area contributed by atoms with Gasteiger partial charge in [-0.15, -0.1) is 0 Å². The number of hydrogen-bond donors (Lipinski definition) is 1. The summed E-state index contributed by atoms with van der Waals surface area (Å²) < 4.78 is 1.78. The summed E-state index contributed by atoms with van der Waals surface area (Å²) >= 11 is 1.20. The number of nitro benzene ring substituents is 1. The van der Waals surface area contributed by atoms with Crippen LogP contribution in [0.25, 0.3) is 0 Å². The van der Waals surface area contributed by atoms with E-state index in [0.717, 1.165) is 5.56 Å². The number of anilines is 1. The van der Waals surface area contributed by atoms with Crippen molar-refractivity contribution in [1.82, 2.24) is 9.55 Å². The maximum atomic E-state index is 12.3. The Morgan fingerprint density at radius 3 is 2.58 bits per heavy atom. The third-order valence-corrected chi connectivity index (χ3v) is 4.85. The number of rotatable bonds is 5. The lowest BCUT2D eigenvalue weighted by Crippen LogP contribution is -2.12. The largest absolute Gasteiger partial charge is 0.329 e. The molecule has 26 heavy (non-hydrogen) atoms. The summed E-state index contributed by atoms with van der Waals surface area (Å²) in [4.78, 5) is 27.9. The molecule has 0 fully saturated rings. The zero-order chi connectivity index (χ0) is 18.7. The van der Waals surface area contributed by atoms with Crippen molar-refractivity contribution in [1.29, 1.82) is 0 Å². The van der Waals surface area contributed by atoms with Crippen molar-refractivity contribution in [2.24, 2.45) is 7.05 Å². The first-order valence-corrected chi connectivity index (χ1v) is 8.57. The average Bonchev–Trinajstić information content (AvgIpc) is 3.01. The first-order valence-electron chi connectivity index (χ1n) is 7.75. The van der Waals surface area contributed by atoms with E-state index in [0.29, 0.717) is 21.3 Å². The van der Waals surface area contributed by atoms with Crippen molar-refractivity contribution in [3.05, 3.63) is 76.1 Å². The molecule has 1 N–H and O–H groups in total. The molecule has 1 aromatic heterocycles. The summed E-state index contributed by atoms with van der Waals surface area (Å²) in [6.45, 7) is 1.93. The maximum Gasteiger partial charge on any atom is 0.285 e. The highest BCUT2D eigenvalue weighted by Gasteiger charge is 2.18. The van der Waals surface area contributed by atoms with Crippen LogP contribution in [0.1, 0.15) is 15.9 Å². The molecule has 0 aliphatic carbocycles. The Labute approximate surface area is 154 Å². The number of carbonyl (C=O) groups excluding carboxylic acids is 1. The van der Waals surface area contributed by atoms with Crippen LogP contribution >= 0.6 is 11.8 Å². The standard InChI is InChI=1S/C18H16N4O3S/c1-12-3-5-13(6-4-12)17(23)20-14-7-8-16(15(11-14)22(24)25)26-18-19-9-10-21(18)2/h3-11H,1-2H3,(H,20,23). The number of aryl methyl sites for hydroxylation is 2. The van der Waals surface area contributed by atoms with Crippen LogP contribution in [0.5, 0.6) is 0 Å². The summed E-state index contributed by atoms with van der Waals surface area (Å²) in [5.41, 5.74) is 1.82. The van der Waals surface area contributed by atoms with Gasteiger partial charge in [0.1, 0.15) is 0 Å². The highest BCUT2D eigenvalue weighted by molar-refractivity contribution is 7.99. The SMILES string of the molecule is Cc1ccc(C(=O)Nc2ccc(Sc3nccn3C)c([N+](=O)[O-])c2)cc1. The van der Waals surface area contributed by atoms with Gasteiger partial charge in [0.2, 0.25) is 0 Å². The molecule has 0 aliphatic rings. The minimum Gasteiger partial charge on any atom is -0.329 e. The smallest absolute Gasteiger partial charge is 0.285 e. The number of nitrogens with zero attached hydrogens (tertiary/aromatic N) is 3. The first-order chi connectivity index (χ1) is 12.4. The molecule has 0 radical (unpaired) electrons. The van der Waals surface area contributed by atoms with Gasteiger partial charge in [0.25, 0.3) is 11.6 Å². The second kappa shape index (κ2) is 7.40. The molecular formula is C18H16N4O3S. The molecule has 0 unspecified atom stereocenters. The lowest BCUT2D eigenvalue weighted by atomic mass is 10.1. The Morgan fingerprint density at radius 1 is 1.23 bits per heavy atom. The number of nitro groups is 1. The summed E-state index contributed by atoms with van der Waals surface area (Å²) in [6, 6.07) is 11.7. The molecule has 1 heterocycles. The van der Waals surface area contributed by atoms with Gasteiger partial charge in [0, 0.05) is 36.8 Å². The second-order valence-corrected chi connectivity index (χ2v) is 6.69. The first kappa shape index (κ1) is 17.7. The number of carbonyl (C=O) groups is 1. The van der Waals surface area contributed by atoms with E-state index >= 15 is 0 Å². The van der Waals surface area contributed by atoms with Crippen LogP contribution in [-0.4, -0.2) is 20.4 Å². The van der Waals surface area contributed by atoms with E-state index in [1.807, 2.05) is 26.1 Å². The zero-order valence-electron chi connectivity index (χ0n) is 14.2. The molecule has 132 valence electrons. The molecule has 0 spiro atoms. The molecule has 3 aromatic rings. The monoisotopic (exact) mass is 368 g/mol. The van der Waals surface area contributed by atoms with Crippen molar-refractivity contribution < 1.29 is 9.72 Å². The van der Waals surface area contributed by atoms with Crippen molar-refractivity contribution in [2.45, 2.75) is 17.0 Å². The van der Waals surface area contributed by atoms with Crippen LogP contribution < -0.4 is 5.32 Å². The number of hydrogen-bond acceptors (Lipinski definition) is 5. The van der Waals surface area contributed by atoms with Gasteiger partial charge in [-0.2, -0.15) is 0 Å². The van der Waals surface area contributed by atoms with Gasteiger partial charge < -0.3 is 9.88 Å². The van der Waals surface area contributed by atoms with E-state index in [-0.39, 0.29) is 11.6 Å². The molecule has 1 amide bonds. The lowest BCUT2D eigenvalue weighted by molar-refractivity contribution is -0.387. The normalized spacial score (nSPS) is 10.5. The van der Waals surface area contributed by atoms with Crippen LogP contribution in [-0.2, 0) is 7.05 Å². The molecule has 0 aliphatic heterocycles. The van der Waals surface area contributed by atoms with Crippen molar-refractivity contribution in [2.75, 3.05) is 5.32 Å². The number of nitrogens with one attached hydrogen (secondary N) is 1. The average molecular weight is 368 g/mol. The van der Waals surface area contributed by atoms with Crippen LogP contribution in [0.4, 0.5) is 11.4 Å². The van der Waals surface area contributed by atoms with E-state index < -0.39 is 4.92 Å². The molecular weight excluding hydrogens is 352 g/mol. The Kier molecular flexibility index (Phi) is 5.04. The molecule has 7 nitrogen and oxygen atoms in total. The van der Waals surface area contributed by atoms with Gasteiger partial charge >= 0.3 is 0 Å². The minimum atomic E-state index is -0.465. The third kappa shape index (κ3) is 3.92. The van der Waals surface area contributed by atoms with Crippen molar-refractivity contribution in [3.8, 4) is 0 Å². The summed E-state index contributed by atoms with van der Waals surface area (Å²) in [6.07, 6.45) is 3.40. The van der Waals surface area contributed by atoms with E-state index in [1.165, 1.54) is 17.8 Å².